The molecule has 0 aliphatic rings. The first kappa shape index (κ1) is 18.0. The summed E-state index contributed by atoms with van der Waals surface area (Å²) in [7, 11) is 0. The van der Waals surface area contributed by atoms with E-state index in [2.05, 4.69) is 24.5 Å². The molecule has 0 spiro atoms. The van der Waals surface area contributed by atoms with Gasteiger partial charge in [0, 0.05) is 10.9 Å². The van der Waals surface area contributed by atoms with E-state index in [1.54, 1.807) is 11.3 Å². The Morgan fingerprint density at radius 3 is 2.35 bits per heavy atom. The summed E-state index contributed by atoms with van der Waals surface area (Å²) in [6, 6.07) is 2.48. The number of hydrogen-bond acceptors (Lipinski definition) is 2. The number of rotatable bonds is 12. The fourth-order valence-corrected chi connectivity index (χ4v) is 3.80. The smallest absolute Gasteiger partial charge is 0.0561 e. The Morgan fingerprint density at radius 2 is 1.75 bits per heavy atom. The first-order valence-electron chi connectivity index (χ1n) is 8.25. The highest BCUT2D eigenvalue weighted by molar-refractivity contribution is 7.10. The molecule has 1 rings (SSSR count). The molecule has 116 valence electrons. The van der Waals surface area contributed by atoms with Crippen LogP contribution in [0.4, 0.5) is 0 Å². The van der Waals surface area contributed by atoms with Gasteiger partial charge in [0.1, 0.15) is 0 Å². The lowest BCUT2D eigenvalue weighted by Crippen LogP contribution is -2.21. The molecule has 1 nitrogen and oxygen atoms in total. The van der Waals surface area contributed by atoms with E-state index in [1.165, 1.54) is 62.7 Å². The summed E-state index contributed by atoms with van der Waals surface area (Å²) in [5, 5.41) is 6.69. The summed E-state index contributed by atoms with van der Waals surface area (Å²) in [4.78, 5) is 1.33. The predicted molar refractivity (Wildman–Crippen MR) is 93.0 cm³/mol. The lowest BCUT2D eigenvalue weighted by molar-refractivity contribution is 0.471. The molecular formula is C17H30ClNS. The Kier molecular flexibility index (Phi) is 10.4. The number of thiophene rings is 1. The number of halogens is 1. The molecular weight excluding hydrogens is 286 g/mol. The SMILES string of the molecule is CCCCCCCCCC(NCCC)c1sccc1Cl. The number of unbranched alkanes of at least 4 members (excludes halogenated alkanes) is 6. The van der Waals surface area contributed by atoms with Crippen molar-refractivity contribution in [1.82, 2.24) is 5.32 Å². The van der Waals surface area contributed by atoms with Crippen molar-refractivity contribution in [2.75, 3.05) is 6.54 Å². The predicted octanol–water partition coefficient (Wildman–Crippen LogP) is 6.58. The van der Waals surface area contributed by atoms with Crippen molar-refractivity contribution in [3.05, 3.63) is 21.3 Å². The van der Waals surface area contributed by atoms with E-state index < -0.39 is 0 Å². The molecule has 3 heteroatoms. The second-order valence-electron chi connectivity index (χ2n) is 5.55. The monoisotopic (exact) mass is 315 g/mol. The fraction of sp³-hybridized carbons (Fsp3) is 0.765. The minimum absolute atomic E-state index is 0.457. The molecule has 1 aromatic rings. The molecule has 1 heterocycles. The van der Waals surface area contributed by atoms with Crippen molar-refractivity contribution < 1.29 is 0 Å². The lowest BCUT2D eigenvalue weighted by atomic mass is 10.0. The third-order valence-electron chi connectivity index (χ3n) is 3.70. The largest absolute Gasteiger partial charge is 0.309 e. The summed E-state index contributed by atoms with van der Waals surface area (Å²) < 4.78 is 0. The van der Waals surface area contributed by atoms with Crippen LogP contribution >= 0.6 is 22.9 Å². The van der Waals surface area contributed by atoms with Crippen LogP contribution in [-0.4, -0.2) is 6.54 Å². The van der Waals surface area contributed by atoms with Gasteiger partial charge in [-0.3, -0.25) is 0 Å². The van der Waals surface area contributed by atoms with Gasteiger partial charge in [-0.05, 0) is 30.8 Å². The van der Waals surface area contributed by atoms with Crippen molar-refractivity contribution in [3.8, 4) is 0 Å². The van der Waals surface area contributed by atoms with Crippen LogP contribution in [0, 0.1) is 0 Å². The molecule has 1 atom stereocenters. The van der Waals surface area contributed by atoms with Crippen molar-refractivity contribution >= 4 is 22.9 Å². The van der Waals surface area contributed by atoms with Crippen LogP contribution in [0.1, 0.15) is 82.6 Å². The van der Waals surface area contributed by atoms with E-state index in [0.717, 1.165) is 11.6 Å². The van der Waals surface area contributed by atoms with Gasteiger partial charge in [-0.2, -0.15) is 0 Å². The minimum Gasteiger partial charge on any atom is -0.309 e. The average Bonchev–Trinajstić information content (AvgIpc) is 2.87. The highest BCUT2D eigenvalue weighted by Gasteiger charge is 2.14. The standard InChI is InChI=1S/C17H30ClNS/c1-3-5-6-7-8-9-10-11-16(19-13-4-2)17-15(18)12-14-20-17/h12,14,16,19H,3-11,13H2,1-2H3. The summed E-state index contributed by atoms with van der Waals surface area (Å²) in [6.07, 6.45) is 12.0. The van der Waals surface area contributed by atoms with Gasteiger partial charge in [-0.25, -0.2) is 0 Å². The van der Waals surface area contributed by atoms with Crippen LogP contribution in [0.15, 0.2) is 11.4 Å². The van der Waals surface area contributed by atoms with Gasteiger partial charge in [-0.15, -0.1) is 11.3 Å². The van der Waals surface area contributed by atoms with Gasteiger partial charge in [0.05, 0.1) is 5.02 Å². The van der Waals surface area contributed by atoms with E-state index >= 15 is 0 Å². The van der Waals surface area contributed by atoms with Crippen LogP contribution in [0.5, 0.6) is 0 Å². The first-order chi connectivity index (χ1) is 9.79. The van der Waals surface area contributed by atoms with Gasteiger partial charge in [0.15, 0.2) is 0 Å². The molecule has 0 saturated heterocycles. The normalized spacial score (nSPS) is 12.8. The van der Waals surface area contributed by atoms with Crippen molar-refractivity contribution in [1.29, 1.82) is 0 Å². The highest BCUT2D eigenvalue weighted by Crippen LogP contribution is 2.31. The van der Waals surface area contributed by atoms with Crippen LogP contribution in [0.2, 0.25) is 5.02 Å². The third-order valence-corrected chi connectivity index (χ3v) is 5.17. The van der Waals surface area contributed by atoms with E-state index in [9.17, 15) is 0 Å². The average molecular weight is 316 g/mol. The Hall–Kier alpha value is -0.0500. The molecule has 20 heavy (non-hydrogen) atoms. The maximum Gasteiger partial charge on any atom is 0.0561 e. The zero-order valence-electron chi connectivity index (χ0n) is 13.1. The number of hydrogen-bond donors (Lipinski definition) is 1. The Bertz CT molecular complexity index is 337. The minimum atomic E-state index is 0.457. The molecule has 0 amide bonds. The Labute approximate surface area is 134 Å². The van der Waals surface area contributed by atoms with Crippen LogP contribution in [0.25, 0.3) is 0 Å². The number of nitrogens with one attached hydrogen (secondary N) is 1. The second kappa shape index (κ2) is 11.6. The molecule has 0 fully saturated rings. The Balaban J connectivity index is 2.26. The molecule has 0 aromatic carbocycles. The van der Waals surface area contributed by atoms with Crippen LogP contribution in [-0.2, 0) is 0 Å². The van der Waals surface area contributed by atoms with Crippen molar-refractivity contribution in [3.63, 3.8) is 0 Å². The molecule has 0 aliphatic carbocycles. The molecule has 1 N–H and O–H groups in total. The summed E-state index contributed by atoms with van der Waals surface area (Å²) >= 11 is 8.07. The molecule has 1 aromatic heterocycles. The zero-order chi connectivity index (χ0) is 14.6. The van der Waals surface area contributed by atoms with E-state index in [1.807, 2.05) is 6.07 Å². The molecule has 0 aliphatic heterocycles. The van der Waals surface area contributed by atoms with E-state index in [0.29, 0.717) is 6.04 Å². The van der Waals surface area contributed by atoms with Crippen LogP contribution in [0.3, 0.4) is 0 Å². The fourth-order valence-electron chi connectivity index (χ4n) is 2.50. The Morgan fingerprint density at radius 1 is 1.05 bits per heavy atom. The zero-order valence-corrected chi connectivity index (χ0v) is 14.7. The van der Waals surface area contributed by atoms with Gasteiger partial charge >= 0.3 is 0 Å². The summed E-state index contributed by atoms with van der Waals surface area (Å²) in [6.45, 7) is 5.57. The first-order valence-corrected chi connectivity index (χ1v) is 9.51. The highest BCUT2D eigenvalue weighted by atomic mass is 35.5. The van der Waals surface area contributed by atoms with Crippen molar-refractivity contribution in [2.24, 2.45) is 0 Å². The molecule has 0 bridgehead atoms. The topological polar surface area (TPSA) is 12.0 Å². The van der Waals surface area contributed by atoms with E-state index in [-0.39, 0.29) is 0 Å². The molecule has 0 saturated carbocycles. The third kappa shape index (κ3) is 7.10. The molecule has 1 unspecified atom stereocenters. The van der Waals surface area contributed by atoms with Gasteiger partial charge in [0.25, 0.3) is 0 Å². The van der Waals surface area contributed by atoms with Crippen molar-refractivity contribution in [2.45, 2.75) is 77.7 Å². The summed E-state index contributed by atoms with van der Waals surface area (Å²) in [5.41, 5.74) is 0. The van der Waals surface area contributed by atoms with Gasteiger partial charge in [-0.1, -0.05) is 70.4 Å². The molecule has 0 radical (unpaired) electrons. The summed E-state index contributed by atoms with van der Waals surface area (Å²) in [5.74, 6) is 0. The van der Waals surface area contributed by atoms with E-state index in [4.69, 9.17) is 11.6 Å². The van der Waals surface area contributed by atoms with Gasteiger partial charge in [0.2, 0.25) is 0 Å². The maximum atomic E-state index is 6.28. The van der Waals surface area contributed by atoms with Crippen LogP contribution < -0.4 is 5.32 Å². The lowest BCUT2D eigenvalue weighted by Gasteiger charge is -2.17. The maximum absolute atomic E-state index is 6.28. The second-order valence-corrected chi connectivity index (χ2v) is 6.90. The van der Waals surface area contributed by atoms with Gasteiger partial charge < -0.3 is 5.32 Å². The quantitative estimate of drug-likeness (QED) is 0.429.